The Kier molecular flexibility index (Phi) is 5.08. The summed E-state index contributed by atoms with van der Waals surface area (Å²) in [6.07, 6.45) is 1.34. The van der Waals surface area contributed by atoms with Crippen LogP contribution in [0.25, 0.3) is 0 Å². The van der Waals surface area contributed by atoms with E-state index in [4.69, 9.17) is 16.4 Å². The van der Waals surface area contributed by atoms with Crippen LogP contribution in [0.15, 0.2) is 65.9 Å². The minimum Gasteiger partial charge on any atom is -0.382 e. The molecule has 1 amide bonds. The molecule has 142 valence electrons. The summed E-state index contributed by atoms with van der Waals surface area (Å²) in [5, 5.41) is 11.7. The van der Waals surface area contributed by atoms with Crippen LogP contribution < -0.4 is 5.32 Å². The van der Waals surface area contributed by atoms with Crippen molar-refractivity contribution in [3.63, 3.8) is 0 Å². The van der Waals surface area contributed by atoms with Crippen LogP contribution in [0.2, 0.25) is 5.02 Å². The first-order chi connectivity index (χ1) is 13.6. The van der Waals surface area contributed by atoms with Crippen LogP contribution in [0.3, 0.4) is 0 Å². The van der Waals surface area contributed by atoms with Crippen LogP contribution >= 0.6 is 11.6 Å². The van der Waals surface area contributed by atoms with Gasteiger partial charge in [0.2, 0.25) is 6.10 Å². The molecule has 0 saturated heterocycles. The van der Waals surface area contributed by atoms with Crippen molar-refractivity contribution in [2.45, 2.75) is 19.1 Å². The predicted octanol–water partition coefficient (Wildman–Crippen LogP) is 3.86. The van der Waals surface area contributed by atoms with Crippen LogP contribution in [-0.2, 0) is 16.2 Å². The van der Waals surface area contributed by atoms with Gasteiger partial charge in [-0.3, -0.25) is 9.48 Å². The first kappa shape index (κ1) is 18.2. The van der Waals surface area contributed by atoms with Crippen LogP contribution in [0, 0.1) is 5.82 Å². The normalized spacial score (nSPS) is 15.8. The first-order valence-corrected chi connectivity index (χ1v) is 9.02. The molecule has 1 aromatic heterocycles. The van der Waals surface area contributed by atoms with Gasteiger partial charge in [0.05, 0.1) is 12.3 Å². The molecule has 8 heteroatoms. The second kappa shape index (κ2) is 7.82. The van der Waals surface area contributed by atoms with E-state index in [0.717, 1.165) is 11.1 Å². The fraction of sp³-hybridized carbons (Fsp3) is 0.150. The maximum atomic E-state index is 13.0. The van der Waals surface area contributed by atoms with Crippen molar-refractivity contribution in [3.05, 3.63) is 82.8 Å². The van der Waals surface area contributed by atoms with Gasteiger partial charge < -0.3 is 10.2 Å². The molecule has 4 rings (SSSR count). The second-order valence-corrected chi connectivity index (χ2v) is 6.79. The Morgan fingerprint density at radius 3 is 2.68 bits per heavy atom. The Morgan fingerprint density at radius 2 is 1.93 bits per heavy atom. The number of halogens is 2. The van der Waals surface area contributed by atoms with Gasteiger partial charge in [-0.1, -0.05) is 41.0 Å². The van der Waals surface area contributed by atoms with Gasteiger partial charge in [-0.05, 0) is 35.4 Å². The number of amides is 1. The number of aromatic nitrogens is 2. The molecular formula is C20H16ClFN4O2. The number of carbonyl (C=O) groups is 1. The molecule has 2 heterocycles. The van der Waals surface area contributed by atoms with Gasteiger partial charge in [-0.15, -0.1) is 0 Å². The maximum absolute atomic E-state index is 13.0. The molecule has 0 aliphatic carbocycles. The molecule has 0 saturated carbocycles. The number of nitrogens with zero attached hydrogens (tertiary/aromatic N) is 3. The minimum atomic E-state index is -0.749. The van der Waals surface area contributed by atoms with Gasteiger partial charge in [0.25, 0.3) is 5.91 Å². The minimum absolute atomic E-state index is 0.308. The Labute approximate surface area is 165 Å². The van der Waals surface area contributed by atoms with E-state index in [1.165, 1.54) is 12.1 Å². The van der Waals surface area contributed by atoms with Crippen LogP contribution in [0.5, 0.6) is 0 Å². The molecule has 0 fully saturated rings. The molecule has 1 aliphatic rings. The quantitative estimate of drug-likeness (QED) is 0.709. The van der Waals surface area contributed by atoms with Crippen molar-refractivity contribution in [3.8, 4) is 0 Å². The topological polar surface area (TPSA) is 68.5 Å². The fourth-order valence-corrected chi connectivity index (χ4v) is 2.96. The van der Waals surface area contributed by atoms with Crippen molar-refractivity contribution in [1.82, 2.24) is 9.78 Å². The molecule has 1 N–H and O–H groups in total. The number of oxime groups is 1. The van der Waals surface area contributed by atoms with Crippen LogP contribution in [-0.4, -0.2) is 27.5 Å². The van der Waals surface area contributed by atoms with Crippen molar-refractivity contribution in [2.24, 2.45) is 5.16 Å². The van der Waals surface area contributed by atoms with E-state index < -0.39 is 6.10 Å². The van der Waals surface area contributed by atoms with Crippen molar-refractivity contribution in [2.75, 3.05) is 5.32 Å². The summed E-state index contributed by atoms with van der Waals surface area (Å²) >= 11 is 5.89. The third-order valence-corrected chi connectivity index (χ3v) is 4.54. The number of hydrogen-bond acceptors (Lipinski definition) is 4. The zero-order valence-electron chi connectivity index (χ0n) is 14.7. The highest BCUT2D eigenvalue weighted by Crippen LogP contribution is 2.19. The van der Waals surface area contributed by atoms with Gasteiger partial charge in [0, 0.05) is 23.7 Å². The van der Waals surface area contributed by atoms with E-state index in [0.29, 0.717) is 29.5 Å². The van der Waals surface area contributed by atoms with E-state index >= 15 is 0 Å². The molecule has 1 aliphatic heterocycles. The lowest BCUT2D eigenvalue weighted by molar-refractivity contribution is -0.125. The van der Waals surface area contributed by atoms with Crippen molar-refractivity contribution in [1.29, 1.82) is 0 Å². The number of hydrogen-bond donors (Lipinski definition) is 1. The van der Waals surface area contributed by atoms with Gasteiger partial charge in [-0.2, -0.15) is 5.10 Å². The van der Waals surface area contributed by atoms with Crippen molar-refractivity contribution >= 4 is 29.0 Å². The Balaban J connectivity index is 1.34. The SMILES string of the molecule is O=C(Nc1ccn(Cc2ccc(Cl)cc2)n1)C1CC(c2ccc(F)cc2)=NO1. The standard InChI is InChI=1S/C20H16ClFN4O2/c21-15-5-1-13(2-6-15)12-26-10-9-19(24-26)23-20(27)18-11-17(25-28-18)14-3-7-16(22)8-4-14/h1-10,18H,11-12H2,(H,23,24,27). The highest BCUT2D eigenvalue weighted by molar-refractivity contribution is 6.30. The lowest BCUT2D eigenvalue weighted by Crippen LogP contribution is -2.28. The molecular weight excluding hydrogens is 383 g/mol. The summed E-state index contributed by atoms with van der Waals surface area (Å²) in [7, 11) is 0. The first-order valence-electron chi connectivity index (χ1n) is 8.64. The second-order valence-electron chi connectivity index (χ2n) is 6.36. The number of nitrogens with one attached hydrogen (secondary N) is 1. The lowest BCUT2D eigenvalue weighted by atomic mass is 10.0. The Morgan fingerprint density at radius 1 is 1.18 bits per heavy atom. The summed E-state index contributed by atoms with van der Waals surface area (Å²) in [4.78, 5) is 17.7. The highest BCUT2D eigenvalue weighted by Gasteiger charge is 2.29. The smallest absolute Gasteiger partial charge is 0.269 e. The number of carbonyl (C=O) groups excluding carboxylic acids is 1. The Hall–Kier alpha value is -3.19. The summed E-state index contributed by atoms with van der Waals surface area (Å²) in [5.41, 5.74) is 2.37. The van der Waals surface area contributed by atoms with E-state index in [1.54, 1.807) is 29.1 Å². The third kappa shape index (κ3) is 4.20. The zero-order valence-corrected chi connectivity index (χ0v) is 15.4. The van der Waals surface area contributed by atoms with Gasteiger partial charge >= 0.3 is 0 Å². The summed E-state index contributed by atoms with van der Waals surface area (Å²) in [6.45, 7) is 0.560. The molecule has 6 nitrogen and oxygen atoms in total. The summed E-state index contributed by atoms with van der Waals surface area (Å²) in [5.74, 6) is -0.234. The van der Waals surface area contributed by atoms with Crippen LogP contribution in [0.1, 0.15) is 17.5 Å². The monoisotopic (exact) mass is 398 g/mol. The molecule has 0 radical (unpaired) electrons. The van der Waals surface area contributed by atoms with Crippen molar-refractivity contribution < 1.29 is 14.0 Å². The molecule has 1 unspecified atom stereocenters. The van der Waals surface area contributed by atoms with Crippen LogP contribution in [0.4, 0.5) is 10.2 Å². The average molecular weight is 399 g/mol. The number of anilines is 1. The summed E-state index contributed by atoms with van der Waals surface area (Å²) in [6, 6.07) is 15.1. The molecule has 0 spiro atoms. The van der Waals surface area contributed by atoms with E-state index in [-0.39, 0.29) is 11.7 Å². The van der Waals surface area contributed by atoms with E-state index in [9.17, 15) is 9.18 Å². The molecule has 3 aromatic rings. The number of benzene rings is 2. The third-order valence-electron chi connectivity index (χ3n) is 4.29. The largest absolute Gasteiger partial charge is 0.382 e. The zero-order chi connectivity index (χ0) is 19.5. The van der Waals surface area contributed by atoms with E-state index in [1.807, 2.05) is 24.3 Å². The van der Waals surface area contributed by atoms with Gasteiger partial charge in [0.1, 0.15) is 5.82 Å². The molecule has 0 bridgehead atoms. The Bertz CT molecular complexity index is 1020. The van der Waals surface area contributed by atoms with E-state index in [2.05, 4.69) is 15.6 Å². The maximum Gasteiger partial charge on any atom is 0.269 e. The number of rotatable bonds is 5. The highest BCUT2D eigenvalue weighted by atomic mass is 35.5. The van der Waals surface area contributed by atoms with Gasteiger partial charge in [-0.25, -0.2) is 4.39 Å². The molecule has 28 heavy (non-hydrogen) atoms. The molecule has 1 atom stereocenters. The predicted molar refractivity (Wildman–Crippen MR) is 104 cm³/mol. The fourth-order valence-electron chi connectivity index (χ4n) is 2.83. The lowest BCUT2D eigenvalue weighted by Gasteiger charge is -2.07. The van der Waals surface area contributed by atoms with Gasteiger partial charge in [0.15, 0.2) is 5.82 Å². The molecule has 2 aromatic carbocycles. The average Bonchev–Trinajstić information content (AvgIpc) is 3.34. The summed E-state index contributed by atoms with van der Waals surface area (Å²) < 4.78 is 14.7.